The van der Waals surface area contributed by atoms with Gasteiger partial charge in [0.15, 0.2) is 0 Å². The zero-order chi connectivity index (χ0) is 14.4. The van der Waals surface area contributed by atoms with Crippen molar-refractivity contribution in [3.05, 3.63) is 65.2 Å². The van der Waals surface area contributed by atoms with Gasteiger partial charge in [-0.1, -0.05) is 24.3 Å². The number of carbonyl (C=O) groups is 2. The summed E-state index contributed by atoms with van der Waals surface area (Å²) in [6.45, 7) is 0.400. The summed E-state index contributed by atoms with van der Waals surface area (Å²) >= 11 is 0. The van der Waals surface area contributed by atoms with Crippen LogP contribution in [0.5, 0.6) is 5.75 Å². The highest BCUT2D eigenvalue weighted by Crippen LogP contribution is 2.15. The second-order valence-electron chi connectivity index (χ2n) is 4.16. The quantitative estimate of drug-likeness (QED) is 0.619. The number of carbonyl (C=O) groups excluding carboxylic acids is 2. The van der Waals surface area contributed by atoms with Crippen LogP contribution in [0.25, 0.3) is 0 Å². The normalized spacial score (nSPS) is 9.85. The smallest absolute Gasteiger partial charge is 0.337 e. The van der Waals surface area contributed by atoms with Crippen molar-refractivity contribution >= 4 is 12.3 Å². The summed E-state index contributed by atoms with van der Waals surface area (Å²) in [5.41, 5.74) is 2.08. The van der Waals surface area contributed by atoms with E-state index >= 15 is 0 Å². The first-order valence-electron chi connectivity index (χ1n) is 6.08. The molecule has 2 rings (SSSR count). The van der Waals surface area contributed by atoms with Crippen LogP contribution in [-0.2, 0) is 11.3 Å². The Labute approximate surface area is 116 Å². The highest BCUT2D eigenvalue weighted by atomic mass is 16.5. The average Bonchev–Trinajstić information content (AvgIpc) is 2.53. The third-order valence-electron chi connectivity index (χ3n) is 2.80. The van der Waals surface area contributed by atoms with Crippen LogP contribution in [0.2, 0.25) is 0 Å². The fraction of sp³-hybridized carbons (Fsp3) is 0.125. The Hall–Kier alpha value is -2.62. The highest BCUT2D eigenvalue weighted by Gasteiger charge is 2.04. The van der Waals surface area contributed by atoms with Gasteiger partial charge < -0.3 is 9.47 Å². The van der Waals surface area contributed by atoms with Crippen LogP contribution in [0.4, 0.5) is 0 Å². The molecule has 0 atom stereocenters. The van der Waals surface area contributed by atoms with Crippen molar-refractivity contribution in [2.45, 2.75) is 6.61 Å². The third kappa shape index (κ3) is 3.45. The lowest BCUT2D eigenvalue weighted by molar-refractivity contribution is 0.0600. The number of methoxy groups -OCH3 is 1. The molecule has 0 fully saturated rings. The van der Waals surface area contributed by atoms with Crippen molar-refractivity contribution in [3.8, 4) is 5.75 Å². The van der Waals surface area contributed by atoms with E-state index in [0.29, 0.717) is 23.5 Å². The Morgan fingerprint density at radius 2 is 1.70 bits per heavy atom. The molecule has 0 saturated carbocycles. The lowest BCUT2D eigenvalue weighted by Gasteiger charge is -2.07. The maximum atomic E-state index is 11.3. The van der Waals surface area contributed by atoms with Crippen LogP contribution < -0.4 is 4.74 Å². The van der Waals surface area contributed by atoms with Crippen molar-refractivity contribution in [2.75, 3.05) is 7.11 Å². The van der Waals surface area contributed by atoms with Gasteiger partial charge in [0.1, 0.15) is 18.6 Å². The van der Waals surface area contributed by atoms with Crippen molar-refractivity contribution in [2.24, 2.45) is 0 Å². The van der Waals surface area contributed by atoms with Gasteiger partial charge >= 0.3 is 5.97 Å². The van der Waals surface area contributed by atoms with Gasteiger partial charge in [0.25, 0.3) is 0 Å². The predicted molar refractivity (Wildman–Crippen MR) is 73.9 cm³/mol. The fourth-order valence-corrected chi connectivity index (χ4v) is 1.66. The maximum Gasteiger partial charge on any atom is 0.337 e. The Morgan fingerprint density at radius 1 is 1.05 bits per heavy atom. The van der Waals surface area contributed by atoms with Crippen molar-refractivity contribution in [1.29, 1.82) is 0 Å². The van der Waals surface area contributed by atoms with Crippen molar-refractivity contribution in [1.82, 2.24) is 0 Å². The van der Waals surface area contributed by atoms with Gasteiger partial charge in [-0.25, -0.2) is 4.79 Å². The monoisotopic (exact) mass is 270 g/mol. The Bertz CT molecular complexity index is 585. The molecular weight excluding hydrogens is 256 g/mol. The van der Waals surface area contributed by atoms with Crippen molar-refractivity contribution < 1.29 is 19.1 Å². The van der Waals surface area contributed by atoms with Gasteiger partial charge in [-0.3, -0.25) is 4.79 Å². The molecule has 4 heteroatoms. The largest absolute Gasteiger partial charge is 0.489 e. The molecular formula is C16H14O4. The summed E-state index contributed by atoms with van der Waals surface area (Å²) in [5, 5.41) is 0. The van der Waals surface area contributed by atoms with E-state index in [1.54, 1.807) is 36.4 Å². The second kappa shape index (κ2) is 6.52. The molecule has 0 aliphatic rings. The van der Waals surface area contributed by atoms with Gasteiger partial charge in [-0.15, -0.1) is 0 Å². The molecule has 0 aromatic heterocycles. The summed E-state index contributed by atoms with van der Waals surface area (Å²) in [7, 11) is 1.34. The van der Waals surface area contributed by atoms with Crippen LogP contribution in [0.15, 0.2) is 48.5 Å². The summed E-state index contributed by atoms with van der Waals surface area (Å²) in [6, 6.07) is 13.9. The second-order valence-corrected chi connectivity index (χ2v) is 4.16. The van der Waals surface area contributed by atoms with Crippen LogP contribution >= 0.6 is 0 Å². The zero-order valence-electron chi connectivity index (χ0n) is 11.0. The first kappa shape index (κ1) is 13.8. The maximum absolute atomic E-state index is 11.3. The molecule has 4 nitrogen and oxygen atoms in total. The molecule has 0 bridgehead atoms. The molecule has 0 heterocycles. The lowest BCUT2D eigenvalue weighted by atomic mass is 10.1. The van der Waals surface area contributed by atoms with Crippen LogP contribution in [0.3, 0.4) is 0 Å². The molecule has 0 amide bonds. The van der Waals surface area contributed by atoms with E-state index in [9.17, 15) is 9.59 Å². The first-order valence-corrected chi connectivity index (χ1v) is 6.08. The van der Waals surface area contributed by atoms with E-state index in [2.05, 4.69) is 4.74 Å². The first-order chi connectivity index (χ1) is 9.72. The predicted octanol–water partition coefficient (Wildman–Crippen LogP) is 2.86. The van der Waals surface area contributed by atoms with E-state index in [1.807, 2.05) is 12.1 Å². The van der Waals surface area contributed by atoms with Gasteiger partial charge in [0, 0.05) is 5.56 Å². The molecule has 0 aliphatic heterocycles. The molecule has 2 aromatic rings. The minimum atomic E-state index is -0.374. The SMILES string of the molecule is COC(=O)c1ccc(OCc2ccc(C=O)cc2)cc1. The van der Waals surface area contributed by atoms with E-state index < -0.39 is 0 Å². The highest BCUT2D eigenvalue weighted by molar-refractivity contribution is 5.89. The number of hydrogen-bond acceptors (Lipinski definition) is 4. The lowest BCUT2D eigenvalue weighted by Crippen LogP contribution is -2.01. The number of hydrogen-bond donors (Lipinski definition) is 0. The summed E-state index contributed by atoms with van der Waals surface area (Å²) in [4.78, 5) is 21.8. The van der Waals surface area contributed by atoms with Crippen LogP contribution in [0, 0.1) is 0 Å². The molecule has 20 heavy (non-hydrogen) atoms. The van der Waals surface area contributed by atoms with Gasteiger partial charge in [-0.2, -0.15) is 0 Å². The molecule has 0 N–H and O–H groups in total. The molecule has 0 unspecified atom stereocenters. The number of rotatable bonds is 5. The summed E-state index contributed by atoms with van der Waals surface area (Å²) in [6.07, 6.45) is 0.802. The number of benzene rings is 2. The topological polar surface area (TPSA) is 52.6 Å². The molecule has 102 valence electrons. The summed E-state index contributed by atoms with van der Waals surface area (Å²) < 4.78 is 10.2. The van der Waals surface area contributed by atoms with Gasteiger partial charge in [0.05, 0.1) is 12.7 Å². The van der Waals surface area contributed by atoms with Crippen LogP contribution in [-0.4, -0.2) is 19.4 Å². The fourth-order valence-electron chi connectivity index (χ4n) is 1.66. The van der Waals surface area contributed by atoms with E-state index in [-0.39, 0.29) is 5.97 Å². The van der Waals surface area contributed by atoms with E-state index in [0.717, 1.165) is 11.8 Å². The molecule has 0 aliphatic carbocycles. The molecule has 0 saturated heterocycles. The van der Waals surface area contributed by atoms with Gasteiger partial charge in [-0.05, 0) is 29.8 Å². The van der Waals surface area contributed by atoms with E-state index in [4.69, 9.17) is 4.74 Å². The Morgan fingerprint density at radius 3 is 2.25 bits per heavy atom. The Kier molecular flexibility index (Phi) is 4.50. The minimum Gasteiger partial charge on any atom is -0.489 e. The average molecular weight is 270 g/mol. The Balaban J connectivity index is 1.96. The molecule has 0 radical (unpaired) electrons. The third-order valence-corrected chi connectivity index (χ3v) is 2.80. The zero-order valence-corrected chi connectivity index (χ0v) is 11.0. The van der Waals surface area contributed by atoms with Crippen LogP contribution in [0.1, 0.15) is 26.3 Å². The van der Waals surface area contributed by atoms with E-state index in [1.165, 1.54) is 7.11 Å². The minimum absolute atomic E-state index is 0.374. The summed E-state index contributed by atoms with van der Waals surface area (Å²) in [5.74, 6) is 0.290. The molecule has 2 aromatic carbocycles. The number of esters is 1. The standard InChI is InChI=1S/C16H14O4/c1-19-16(18)14-6-8-15(9-7-14)20-11-13-4-2-12(10-17)3-5-13/h2-10H,11H2,1H3. The number of ether oxygens (including phenoxy) is 2. The van der Waals surface area contributed by atoms with Gasteiger partial charge in [0.2, 0.25) is 0 Å². The molecule has 0 spiro atoms. The number of aldehydes is 1. The van der Waals surface area contributed by atoms with Crippen molar-refractivity contribution in [3.63, 3.8) is 0 Å².